The van der Waals surface area contributed by atoms with Gasteiger partial charge in [0.15, 0.2) is 0 Å². The zero-order chi connectivity index (χ0) is 15.9. The Bertz CT molecular complexity index is 410. The van der Waals surface area contributed by atoms with E-state index in [1.807, 2.05) is 0 Å². The average Bonchev–Trinajstić information content (AvgIpc) is 2.48. The summed E-state index contributed by atoms with van der Waals surface area (Å²) in [5.41, 5.74) is 3.08. The molecule has 0 saturated carbocycles. The van der Waals surface area contributed by atoms with Crippen molar-refractivity contribution in [3.8, 4) is 0 Å². The predicted octanol–water partition coefficient (Wildman–Crippen LogP) is 5.50. The maximum Gasteiger partial charge on any atom is 0.000439 e. The lowest BCUT2D eigenvalue weighted by atomic mass is 9.88. The molecule has 1 saturated heterocycles. The Balaban J connectivity index is 1.79. The molecule has 0 radical (unpaired) electrons. The summed E-state index contributed by atoms with van der Waals surface area (Å²) >= 11 is 0. The van der Waals surface area contributed by atoms with Gasteiger partial charge in [0.25, 0.3) is 0 Å². The number of likely N-dealkylation sites (tertiary alicyclic amines) is 1. The highest BCUT2D eigenvalue weighted by Gasteiger charge is 2.20. The second kappa shape index (κ2) is 8.72. The van der Waals surface area contributed by atoms with Gasteiger partial charge < -0.3 is 4.90 Å². The van der Waals surface area contributed by atoms with E-state index in [-0.39, 0.29) is 0 Å². The zero-order valence-electron chi connectivity index (χ0n) is 15.1. The van der Waals surface area contributed by atoms with Gasteiger partial charge in [-0.05, 0) is 67.7 Å². The molecule has 1 nitrogen and oxygen atoms in total. The number of nitrogens with zero attached hydrogens (tertiary/aromatic N) is 1. The lowest BCUT2D eigenvalue weighted by Gasteiger charge is -2.33. The molecule has 0 aliphatic carbocycles. The van der Waals surface area contributed by atoms with Crippen molar-refractivity contribution in [3.05, 3.63) is 35.4 Å². The van der Waals surface area contributed by atoms with Crippen LogP contribution in [-0.4, -0.2) is 24.5 Å². The number of benzene rings is 1. The van der Waals surface area contributed by atoms with E-state index < -0.39 is 0 Å². The molecule has 0 spiro atoms. The van der Waals surface area contributed by atoms with Gasteiger partial charge in [-0.25, -0.2) is 0 Å². The Labute approximate surface area is 138 Å². The van der Waals surface area contributed by atoms with Crippen LogP contribution < -0.4 is 0 Å². The fourth-order valence-corrected chi connectivity index (χ4v) is 3.64. The standard InChI is InChI=1S/C21H35N/c1-17(2)6-5-7-19-8-10-20(11-9-19)21-12-14-22(15-13-21)16-18(3)4/h8-11,17-18,21H,5-7,12-16H2,1-4H3. The van der Waals surface area contributed by atoms with E-state index in [2.05, 4.69) is 56.9 Å². The molecule has 1 aliphatic rings. The Morgan fingerprint density at radius 2 is 1.59 bits per heavy atom. The van der Waals surface area contributed by atoms with Crippen molar-refractivity contribution >= 4 is 0 Å². The van der Waals surface area contributed by atoms with Gasteiger partial charge >= 0.3 is 0 Å². The molecule has 1 aromatic carbocycles. The molecule has 0 N–H and O–H groups in total. The fraction of sp³-hybridized carbons (Fsp3) is 0.714. The minimum atomic E-state index is 0.785. The monoisotopic (exact) mass is 301 g/mol. The molecule has 1 heterocycles. The lowest BCUT2D eigenvalue weighted by molar-refractivity contribution is 0.192. The Kier molecular flexibility index (Phi) is 6.95. The maximum absolute atomic E-state index is 2.64. The summed E-state index contributed by atoms with van der Waals surface area (Å²) < 4.78 is 0. The third-order valence-corrected chi connectivity index (χ3v) is 4.91. The van der Waals surface area contributed by atoms with E-state index in [9.17, 15) is 0 Å². The Hall–Kier alpha value is -0.820. The van der Waals surface area contributed by atoms with Crippen molar-refractivity contribution in [2.45, 2.75) is 65.7 Å². The molecule has 0 aromatic heterocycles. The molecule has 0 bridgehead atoms. The molecule has 0 atom stereocenters. The topological polar surface area (TPSA) is 3.24 Å². The normalized spacial score (nSPS) is 17.5. The van der Waals surface area contributed by atoms with Crippen LogP contribution in [0.4, 0.5) is 0 Å². The number of hydrogen-bond donors (Lipinski definition) is 0. The van der Waals surface area contributed by atoms with E-state index in [0.717, 1.165) is 17.8 Å². The molecule has 124 valence electrons. The van der Waals surface area contributed by atoms with Crippen LogP contribution in [0, 0.1) is 11.8 Å². The fourth-order valence-electron chi connectivity index (χ4n) is 3.64. The van der Waals surface area contributed by atoms with Gasteiger partial charge in [-0.1, -0.05) is 58.4 Å². The number of hydrogen-bond acceptors (Lipinski definition) is 1. The van der Waals surface area contributed by atoms with Gasteiger partial charge in [0.05, 0.1) is 0 Å². The molecule has 1 aliphatic heterocycles. The van der Waals surface area contributed by atoms with Crippen LogP contribution in [-0.2, 0) is 6.42 Å². The summed E-state index contributed by atoms with van der Waals surface area (Å²) in [6.45, 7) is 13.1. The zero-order valence-corrected chi connectivity index (χ0v) is 15.1. The molecule has 0 unspecified atom stereocenters. The van der Waals surface area contributed by atoms with Crippen LogP contribution in [0.2, 0.25) is 0 Å². The summed E-state index contributed by atoms with van der Waals surface area (Å²) in [4.78, 5) is 2.64. The van der Waals surface area contributed by atoms with E-state index >= 15 is 0 Å². The highest BCUT2D eigenvalue weighted by Crippen LogP contribution is 2.28. The van der Waals surface area contributed by atoms with Gasteiger partial charge in [0, 0.05) is 6.54 Å². The second-order valence-electron chi connectivity index (χ2n) is 8.00. The largest absolute Gasteiger partial charge is 0.303 e. The van der Waals surface area contributed by atoms with Gasteiger partial charge in [0.1, 0.15) is 0 Å². The van der Waals surface area contributed by atoms with Crippen molar-refractivity contribution in [1.29, 1.82) is 0 Å². The van der Waals surface area contributed by atoms with E-state index in [4.69, 9.17) is 0 Å². The molecular formula is C21H35N. The average molecular weight is 302 g/mol. The Morgan fingerprint density at radius 1 is 0.955 bits per heavy atom. The summed E-state index contributed by atoms with van der Waals surface area (Å²) in [7, 11) is 0. The summed E-state index contributed by atoms with van der Waals surface area (Å²) in [6.07, 6.45) is 6.57. The number of piperidine rings is 1. The lowest BCUT2D eigenvalue weighted by Crippen LogP contribution is -2.35. The molecule has 22 heavy (non-hydrogen) atoms. The predicted molar refractivity (Wildman–Crippen MR) is 97.5 cm³/mol. The highest BCUT2D eigenvalue weighted by molar-refractivity contribution is 5.26. The summed E-state index contributed by atoms with van der Waals surface area (Å²) in [6, 6.07) is 9.53. The van der Waals surface area contributed by atoms with Crippen molar-refractivity contribution in [2.24, 2.45) is 11.8 Å². The van der Waals surface area contributed by atoms with Crippen LogP contribution in [0.25, 0.3) is 0 Å². The van der Waals surface area contributed by atoms with Crippen molar-refractivity contribution in [1.82, 2.24) is 4.90 Å². The first-order chi connectivity index (χ1) is 10.5. The van der Waals surface area contributed by atoms with E-state index in [1.54, 1.807) is 5.56 Å². The molecule has 2 rings (SSSR count). The quantitative estimate of drug-likeness (QED) is 0.642. The van der Waals surface area contributed by atoms with Crippen LogP contribution in [0.5, 0.6) is 0 Å². The third kappa shape index (κ3) is 5.76. The van der Waals surface area contributed by atoms with Crippen LogP contribution >= 0.6 is 0 Å². The summed E-state index contributed by atoms with van der Waals surface area (Å²) in [5, 5.41) is 0. The molecule has 1 aromatic rings. The molecule has 1 heteroatoms. The molecule has 1 fully saturated rings. The van der Waals surface area contributed by atoms with E-state index in [1.165, 1.54) is 57.3 Å². The number of rotatable bonds is 7. The second-order valence-corrected chi connectivity index (χ2v) is 8.00. The molecule has 0 amide bonds. The first kappa shape index (κ1) is 17.5. The first-order valence-electron chi connectivity index (χ1n) is 9.35. The first-order valence-corrected chi connectivity index (χ1v) is 9.35. The maximum atomic E-state index is 2.64. The van der Waals surface area contributed by atoms with Crippen LogP contribution in [0.15, 0.2) is 24.3 Å². The summed E-state index contributed by atoms with van der Waals surface area (Å²) in [5.74, 6) is 2.41. The van der Waals surface area contributed by atoms with Gasteiger partial charge in [-0.2, -0.15) is 0 Å². The molecular weight excluding hydrogens is 266 g/mol. The van der Waals surface area contributed by atoms with Crippen LogP contribution in [0.1, 0.15) is 70.4 Å². The SMILES string of the molecule is CC(C)CCCc1ccc(C2CCN(CC(C)C)CC2)cc1. The van der Waals surface area contributed by atoms with Gasteiger partial charge in [-0.3, -0.25) is 0 Å². The Morgan fingerprint density at radius 3 is 2.14 bits per heavy atom. The highest BCUT2D eigenvalue weighted by atomic mass is 15.1. The minimum Gasteiger partial charge on any atom is -0.303 e. The van der Waals surface area contributed by atoms with Crippen molar-refractivity contribution in [2.75, 3.05) is 19.6 Å². The van der Waals surface area contributed by atoms with Gasteiger partial charge in [0.2, 0.25) is 0 Å². The van der Waals surface area contributed by atoms with E-state index in [0.29, 0.717) is 0 Å². The minimum absolute atomic E-state index is 0.785. The number of aryl methyl sites for hydroxylation is 1. The van der Waals surface area contributed by atoms with Gasteiger partial charge in [-0.15, -0.1) is 0 Å². The van der Waals surface area contributed by atoms with Crippen molar-refractivity contribution in [3.63, 3.8) is 0 Å². The smallest absolute Gasteiger partial charge is 0.000439 e. The van der Waals surface area contributed by atoms with Crippen molar-refractivity contribution < 1.29 is 0 Å². The third-order valence-electron chi connectivity index (χ3n) is 4.91. The van der Waals surface area contributed by atoms with Crippen LogP contribution in [0.3, 0.4) is 0 Å².